The van der Waals surface area contributed by atoms with Gasteiger partial charge in [0.15, 0.2) is 0 Å². The molecule has 1 aliphatic heterocycles. The minimum atomic E-state index is 0.161. The van der Waals surface area contributed by atoms with Crippen molar-refractivity contribution in [3.05, 3.63) is 29.8 Å². The fraction of sp³-hybridized carbons (Fsp3) is 0.500. The number of nitrogens with one attached hydrogen (secondary N) is 1. The van der Waals surface area contributed by atoms with Crippen LogP contribution < -0.4 is 10.1 Å². The molecule has 98 valence electrons. The lowest BCUT2D eigenvalue weighted by Gasteiger charge is -2.30. The van der Waals surface area contributed by atoms with Crippen molar-refractivity contribution in [1.29, 1.82) is 0 Å². The maximum Gasteiger partial charge on any atom is 0.228 e. The third-order valence-corrected chi connectivity index (χ3v) is 3.19. The van der Waals surface area contributed by atoms with Crippen molar-refractivity contribution in [2.24, 2.45) is 5.92 Å². The Bertz CT molecular complexity index is 416. The molecule has 0 unspecified atom stereocenters. The molecule has 0 aliphatic carbocycles. The molecule has 1 aromatic rings. The highest BCUT2D eigenvalue weighted by Gasteiger charge is 2.27. The second kappa shape index (κ2) is 5.87. The van der Waals surface area contributed by atoms with Crippen molar-refractivity contribution < 1.29 is 9.53 Å². The number of hydrogen-bond acceptors (Lipinski definition) is 3. The number of rotatable bonds is 5. The van der Waals surface area contributed by atoms with Crippen LogP contribution in [0, 0.1) is 12.8 Å². The van der Waals surface area contributed by atoms with E-state index in [0.29, 0.717) is 13.2 Å². The molecule has 4 heteroatoms. The van der Waals surface area contributed by atoms with Crippen LogP contribution in [0.15, 0.2) is 24.3 Å². The molecule has 18 heavy (non-hydrogen) atoms. The zero-order chi connectivity index (χ0) is 13.0. The van der Waals surface area contributed by atoms with E-state index in [9.17, 15) is 4.79 Å². The van der Waals surface area contributed by atoms with Crippen LogP contribution in [-0.2, 0) is 4.79 Å². The van der Waals surface area contributed by atoms with Crippen LogP contribution in [0.25, 0.3) is 0 Å². The molecule has 1 amide bonds. The van der Waals surface area contributed by atoms with Crippen LogP contribution in [0.4, 0.5) is 0 Å². The number of benzene rings is 1. The number of hydrogen-bond donors (Lipinski definition) is 1. The van der Waals surface area contributed by atoms with Crippen molar-refractivity contribution in [1.82, 2.24) is 10.2 Å². The fourth-order valence-electron chi connectivity index (χ4n) is 1.89. The van der Waals surface area contributed by atoms with Crippen LogP contribution in [0.3, 0.4) is 0 Å². The van der Waals surface area contributed by atoms with Gasteiger partial charge < -0.3 is 15.0 Å². The van der Waals surface area contributed by atoms with Gasteiger partial charge in [-0.05, 0) is 24.6 Å². The van der Waals surface area contributed by atoms with Crippen molar-refractivity contribution in [3.8, 4) is 5.75 Å². The molecule has 1 saturated heterocycles. The van der Waals surface area contributed by atoms with Gasteiger partial charge in [0.05, 0.1) is 12.5 Å². The Morgan fingerprint density at radius 3 is 2.89 bits per heavy atom. The molecule has 1 heterocycles. The van der Waals surface area contributed by atoms with Crippen LogP contribution in [0.1, 0.15) is 5.56 Å². The first-order valence-corrected chi connectivity index (χ1v) is 6.32. The van der Waals surface area contributed by atoms with Crippen LogP contribution >= 0.6 is 0 Å². The summed E-state index contributed by atoms with van der Waals surface area (Å²) in [4.78, 5) is 13.6. The highest BCUT2D eigenvalue weighted by Crippen LogP contribution is 2.12. The molecule has 1 N–H and O–H groups in total. The quantitative estimate of drug-likeness (QED) is 0.847. The van der Waals surface area contributed by atoms with Gasteiger partial charge in [0.25, 0.3) is 0 Å². The van der Waals surface area contributed by atoms with E-state index < -0.39 is 0 Å². The first kappa shape index (κ1) is 12.9. The van der Waals surface area contributed by atoms with Gasteiger partial charge in [-0.15, -0.1) is 0 Å². The van der Waals surface area contributed by atoms with Crippen LogP contribution in [0.5, 0.6) is 5.75 Å². The van der Waals surface area contributed by atoms with E-state index in [2.05, 4.69) is 5.32 Å². The Morgan fingerprint density at radius 1 is 1.50 bits per heavy atom. The average molecular weight is 248 g/mol. The molecular formula is C14H20N2O2. The fourth-order valence-corrected chi connectivity index (χ4v) is 1.89. The second-order valence-corrected chi connectivity index (χ2v) is 4.78. The molecule has 1 fully saturated rings. The van der Waals surface area contributed by atoms with E-state index in [0.717, 1.165) is 18.8 Å². The van der Waals surface area contributed by atoms with E-state index in [1.54, 1.807) is 4.90 Å². The summed E-state index contributed by atoms with van der Waals surface area (Å²) in [6, 6.07) is 7.94. The second-order valence-electron chi connectivity index (χ2n) is 4.78. The summed E-state index contributed by atoms with van der Waals surface area (Å²) < 4.78 is 5.63. The Kier molecular flexibility index (Phi) is 4.20. The zero-order valence-corrected chi connectivity index (χ0v) is 11.0. The van der Waals surface area contributed by atoms with Crippen molar-refractivity contribution in [3.63, 3.8) is 0 Å². The summed E-state index contributed by atoms with van der Waals surface area (Å²) in [5.74, 6) is 1.23. The van der Waals surface area contributed by atoms with Crippen LogP contribution in [-0.4, -0.2) is 44.1 Å². The Labute approximate surface area is 108 Å². The molecule has 0 atom stereocenters. The minimum absolute atomic E-state index is 0.161. The smallest absolute Gasteiger partial charge is 0.228 e. The number of likely N-dealkylation sites (N-methyl/N-ethyl adjacent to an activating group) is 1. The SMILES string of the molecule is Cc1cccc(OCCN(C)C(=O)C2CNC2)c1. The van der Waals surface area contributed by atoms with Gasteiger partial charge in [-0.2, -0.15) is 0 Å². The number of ether oxygens (including phenoxy) is 1. The molecule has 0 bridgehead atoms. The van der Waals surface area contributed by atoms with Gasteiger partial charge in [-0.3, -0.25) is 4.79 Å². The predicted molar refractivity (Wildman–Crippen MR) is 70.7 cm³/mol. The average Bonchev–Trinajstić information content (AvgIpc) is 2.26. The highest BCUT2D eigenvalue weighted by molar-refractivity contribution is 5.79. The molecule has 0 aromatic heterocycles. The zero-order valence-electron chi connectivity index (χ0n) is 11.0. The molecule has 0 saturated carbocycles. The molecule has 1 aliphatic rings. The largest absolute Gasteiger partial charge is 0.492 e. The van der Waals surface area contributed by atoms with Gasteiger partial charge in [0.2, 0.25) is 5.91 Å². The van der Waals surface area contributed by atoms with E-state index in [1.165, 1.54) is 5.56 Å². The monoisotopic (exact) mass is 248 g/mol. The Balaban J connectivity index is 1.73. The molecule has 0 radical (unpaired) electrons. The number of carbonyl (C=O) groups excluding carboxylic acids is 1. The van der Waals surface area contributed by atoms with Crippen molar-refractivity contribution in [2.75, 3.05) is 33.3 Å². The van der Waals surface area contributed by atoms with Gasteiger partial charge in [0, 0.05) is 20.1 Å². The molecule has 4 nitrogen and oxygen atoms in total. The summed E-state index contributed by atoms with van der Waals surface area (Å²) in [6.45, 7) is 4.81. The van der Waals surface area contributed by atoms with Crippen molar-refractivity contribution >= 4 is 5.91 Å². The maximum atomic E-state index is 11.9. The third-order valence-electron chi connectivity index (χ3n) is 3.19. The summed E-state index contributed by atoms with van der Waals surface area (Å²) in [5, 5.41) is 3.11. The van der Waals surface area contributed by atoms with Gasteiger partial charge >= 0.3 is 0 Å². The summed E-state index contributed by atoms with van der Waals surface area (Å²) in [6.07, 6.45) is 0. The number of nitrogens with zero attached hydrogens (tertiary/aromatic N) is 1. The summed E-state index contributed by atoms with van der Waals surface area (Å²) in [7, 11) is 1.83. The van der Waals surface area contributed by atoms with Crippen LogP contribution in [0.2, 0.25) is 0 Å². The standard InChI is InChI=1S/C14H20N2O2/c1-11-4-3-5-13(8-11)18-7-6-16(2)14(17)12-9-15-10-12/h3-5,8,12,15H,6-7,9-10H2,1-2H3. The lowest BCUT2D eigenvalue weighted by atomic mass is 10.0. The summed E-state index contributed by atoms with van der Waals surface area (Å²) in [5.41, 5.74) is 1.18. The van der Waals surface area contributed by atoms with E-state index in [4.69, 9.17) is 4.74 Å². The molecule has 2 rings (SSSR count). The third kappa shape index (κ3) is 3.23. The van der Waals surface area contributed by atoms with Crippen molar-refractivity contribution in [2.45, 2.75) is 6.92 Å². The normalized spacial score (nSPS) is 15.0. The number of aryl methyl sites for hydroxylation is 1. The first-order chi connectivity index (χ1) is 8.66. The molecule has 0 spiro atoms. The number of carbonyl (C=O) groups is 1. The number of amides is 1. The molecule has 1 aromatic carbocycles. The Hall–Kier alpha value is -1.55. The van der Waals surface area contributed by atoms with E-state index in [1.807, 2.05) is 38.2 Å². The topological polar surface area (TPSA) is 41.6 Å². The molecular weight excluding hydrogens is 228 g/mol. The van der Waals surface area contributed by atoms with Gasteiger partial charge in [0.1, 0.15) is 12.4 Å². The van der Waals surface area contributed by atoms with E-state index in [-0.39, 0.29) is 11.8 Å². The lowest BCUT2D eigenvalue weighted by molar-refractivity contribution is -0.136. The maximum absolute atomic E-state index is 11.9. The van der Waals surface area contributed by atoms with Gasteiger partial charge in [-0.25, -0.2) is 0 Å². The lowest BCUT2D eigenvalue weighted by Crippen LogP contribution is -2.51. The Morgan fingerprint density at radius 2 is 2.28 bits per heavy atom. The summed E-state index contributed by atoms with van der Waals surface area (Å²) >= 11 is 0. The van der Waals surface area contributed by atoms with E-state index >= 15 is 0 Å². The first-order valence-electron chi connectivity index (χ1n) is 6.32. The highest BCUT2D eigenvalue weighted by atomic mass is 16.5. The minimum Gasteiger partial charge on any atom is -0.492 e. The predicted octanol–water partition coefficient (Wildman–Crippen LogP) is 1.05. The van der Waals surface area contributed by atoms with Gasteiger partial charge in [-0.1, -0.05) is 12.1 Å².